The molecule has 0 unspecified atom stereocenters. The van der Waals surface area contributed by atoms with Crippen molar-refractivity contribution in [3.63, 3.8) is 0 Å². The van der Waals surface area contributed by atoms with E-state index in [1.54, 1.807) is 0 Å². The van der Waals surface area contributed by atoms with Crippen molar-refractivity contribution in [1.82, 2.24) is 10.2 Å². The fourth-order valence-electron chi connectivity index (χ4n) is 3.78. The molecule has 154 valence electrons. The zero-order valence-corrected chi connectivity index (χ0v) is 18.5. The Balaban J connectivity index is 0.00000196. The topological polar surface area (TPSA) is 24.5 Å². The quantitative estimate of drug-likeness (QED) is 0.616. The monoisotopic (exact) mass is 422 g/mol. The van der Waals surface area contributed by atoms with Crippen LogP contribution in [0.25, 0.3) is 0 Å². The summed E-state index contributed by atoms with van der Waals surface area (Å²) in [7, 11) is 0. The maximum Gasteiger partial charge on any atom is 0.125 e. The van der Waals surface area contributed by atoms with Crippen molar-refractivity contribution in [2.45, 2.75) is 32.9 Å². The third-order valence-electron chi connectivity index (χ3n) is 5.08. The smallest absolute Gasteiger partial charge is 0.125 e. The van der Waals surface area contributed by atoms with E-state index in [0.717, 1.165) is 38.3 Å². The van der Waals surface area contributed by atoms with Gasteiger partial charge in [-0.05, 0) is 42.5 Å². The van der Waals surface area contributed by atoms with Crippen molar-refractivity contribution in [2.75, 3.05) is 26.2 Å². The fraction of sp³-hybridized carbons (Fsp3) is 0.391. The molecule has 0 radical (unpaired) electrons. The van der Waals surface area contributed by atoms with Gasteiger partial charge in [0.15, 0.2) is 0 Å². The van der Waals surface area contributed by atoms with Gasteiger partial charge in [0.2, 0.25) is 0 Å². The summed E-state index contributed by atoms with van der Waals surface area (Å²) < 4.78 is 6.15. The lowest BCUT2D eigenvalue weighted by atomic mass is 9.96. The number of piperazine rings is 1. The molecule has 1 aliphatic rings. The summed E-state index contributed by atoms with van der Waals surface area (Å²) in [6, 6.07) is 15.3. The second-order valence-corrected chi connectivity index (χ2v) is 7.08. The summed E-state index contributed by atoms with van der Waals surface area (Å²) in [6.07, 6.45) is 3.01. The first-order valence-corrected chi connectivity index (χ1v) is 9.52. The van der Waals surface area contributed by atoms with Gasteiger partial charge in [0.1, 0.15) is 12.4 Å². The summed E-state index contributed by atoms with van der Waals surface area (Å²) in [6.45, 7) is 13.2. The standard InChI is InChI=1S/C23H30N2O.2ClH/c1-4-8-22(25-13-11-24-12-14-25)21-15-18(2)23(19(3)16-21)26-17-20-9-6-5-7-10-20;;/h4-7,9-10,15-16,22,24H,1,8,11-14,17H2,2-3H3;2*1H/t22-;;/m0../s1. The molecule has 28 heavy (non-hydrogen) atoms. The van der Waals surface area contributed by atoms with E-state index in [9.17, 15) is 0 Å². The van der Waals surface area contributed by atoms with Crippen LogP contribution in [-0.4, -0.2) is 31.1 Å². The van der Waals surface area contributed by atoms with Gasteiger partial charge in [0.05, 0.1) is 0 Å². The Morgan fingerprint density at radius 1 is 1.07 bits per heavy atom. The average molecular weight is 423 g/mol. The van der Waals surface area contributed by atoms with Crippen LogP contribution in [0.1, 0.15) is 34.7 Å². The Morgan fingerprint density at radius 3 is 2.25 bits per heavy atom. The molecule has 2 aromatic carbocycles. The minimum atomic E-state index is 0. The largest absolute Gasteiger partial charge is 0.488 e. The molecule has 0 aliphatic carbocycles. The Hall–Kier alpha value is -1.52. The van der Waals surface area contributed by atoms with Gasteiger partial charge in [-0.2, -0.15) is 0 Å². The number of ether oxygens (including phenoxy) is 1. The molecule has 0 amide bonds. The predicted molar refractivity (Wildman–Crippen MR) is 123 cm³/mol. The van der Waals surface area contributed by atoms with E-state index in [4.69, 9.17) is 4.74 Å². The molecule has 0 aromatic heterocycles. The van der Waals surface area contributed by atoms with Crippen molar-refractivity contribution in [3.8, 4) is 5.75 Å². The van der Waals surface area contributed by atoms with E-state index < -0.39 is 0 Å². The Morgan fingerprint density at radius 2 is 1.68 bits per heavy atom. The summed E-state index contributed by atoms with van der Waals surface area (Å²) >= 11 is 0. The van der Waals surface area contributed by atoms with Crippen LogP contribution >= 0.6 is 24.8 Å². The molecule has 1 heterocycles. The van der Waals surface area contributed by atoms with Crippen LogP contribution < -0.4 is 10.1 Å². The Kier molecular flexibility index (Phi) is 10.6. The van der Waals surface area contributed by atoms with Crippen molar-refractivity contribution in [3.05, 3.63) is 77.4 Å². The summed E-state index contributed by atoms with van der Waals surface area (Å²) in [5.74, 6) is 1.01. The summed E-state index contributed by atoms with van der Waals surface area (Å²) in [5, 5.41) is 3.44. The molecule has 5 heteroatoms. The maximum atomic E-state index is 6.15. The van der Waals surface area contributed by atoms with Gasteiger partial charge < -0.3 is 10.1 Å². The third kappa shape index (κ3) is 6.25. The predicted octanol–water partition coefficient (Wildman–Crippen LogP) is 5.25. The highest BCUT2D eigenvalue weighted by atomic mass is 35.5. The van der Waals surface area contributed by atoms with Crippen molar-refractivity contribution < 1.29 is 4.74 Å². The van der Waals surface area contributed by atoms with E-state index >= 15 is 0 Å². The number of hydrogen-bond acceptors (Lipinski definition) is 3. The number of aryl methyl sites for hydroxylation is 2. The van der Waals surface area contributed by atoms with Crippen LogP contribution in [0.4, 0.5) is 0 Å². The average Bonchev–Trinajstić information content (AvgIpc) is 2.67. The van der Waals surface area contributed by atoms with Crippen LogP contribution in [0.3, 0.4) is 0 Å². The molecular formula is C23H32Cl2N2O. The number of halogens is 2. The summed E-state index contributed by atoms with van der Waals surface area (Å²) in [4.78, 5) is 2.57. The first-order chi connectivity index (χ1) is 12.7. The molecular weight excluding hydrogens is 391 g/mol. The molecule has 1 N–H and O–H groups in total. The second-order valence-electron chi connectivity index (χ2n) is 7.08. The third-order valence-corrected chi connectivity index (χ3v) is 5.08. The van der Waals surface area contributed by atoms with Gasteiger partial charge in [0, 0.05) is 32.2 Å². The fourth-order valence-corrected chi connectivity index (χ4v) is 3.78. The van der Waals surface area contributed by atoms with Crippen molar-refractivity contribution in [2.24, 2.45) is 0 Å². The lowest BCUT2D eigenvalue weighted by molar-refractivity contribution is 0.174. The van der Waals surface area contributed by atoms with Gasteiger partial charge in [-0.3, -0.25) is 4.90 Å². The Bertz CT molecular complexity index is 708. The van der Waals surface area contributed by atoms with Crippen LogP contribution in [-0.2, 0) is 6.61 Å². The van der Waals surface area contributed by atoms with Gasteiger partial charge >= 0.3 is 0 Å². The molecule has 1 fully saturated rings. The molecule has 1 aliphatic heterocycles. The van der Waals surface area contributed by atoms with Gasteiger partial charge in [-0.1, -0.05) is 48.5 Å². The summed E-state index contributed by atoms with van der Waals surface area (Å²) in [5.41, 5.74) is 4.98. The van der Waals surface area contributed by atoms with E-state index in [1.165, 1.54) is 22.3 Å². The maximum absolute atomic E-state index is 6.15. The second kappa shape index (κ2) is 12.1. The van der Waals surface area contributed by atoms with E-state index in [-0.39, 0.29) is 24.8 Å². The van der Waals surface area contributed by atoms with E-state index in [1.807, 2.05) is 12.1 Å². The molecule has 2 aromatic rings. The molecule has 3 rings (SSSR count). The number of nitrogens with one attached hydrogen (secondary N) is 1. The van der Waals surface area contributed by atoms with E-state index in [2.05, 4.69) is 67.0 Å². The SMILES string of the molecule is C=CC[C@@H](c1cc(C)c(OCc2ccccc2)c(C)c1)N1CCNCC1.Cl.Cl. The first kappa shape index (κ1) is 24.5. The Labute approximate surface area is 182 Å². The van der Waals surface area contributed by atoms with Crippen LogP contribution in [0, 0.1) is 13.8 Å². The highest BCUT2D eigenvalue weighted by Gasteiger charge is 2.22. The highest BCUT2D eigenvalue weighted by Crippen LogP contribution is 2.32. The normalized spacial score (nSPS) is 15.1. The molecule has 1 saturated heterocycles. The number of nitrogens with zero attached hydrogens (tertiary/aromatic N) is 1. The van der Waals surface area contributed by atoms with Crippen LogP contribution in [0.2, 0.25) is 0 Å². The zero-order valence-electron chi connectivity index (χ0n) is 16.8. The van der Waals surface area contributed by atoms with Gasteiger partial charge in [-0.15, -0.1) is 31.4 Å². The minimum Gasteiger partial charge on any atom is -0.488 e. The molecule has 0 saturated carbocycles. The van der Waals surface area contributed by atoms with Crippen molar-refractivity contribution >= 4 is 24.8 Å². The number of benzene rings is 2. The zero-order chi connectivity index (χ0) is 18.4. The highest BCUT2D eigenvalue weighted by molar-refractivity contribution is 5.85. The molecule has 3 nitrogen and oxygen atoms in total. The minimum absolute atomic E-state index is 0. The lowest BCUT2D eigenvalue weighted by Gasteiger charge is -2.35. The van der Waals surface area contributed by atoms with Crippen LogP contribution in [0.15, 0.2) is 55.1 Å². The van der Waals surface area contributed by atoms with Crippen molar-refractivity contribution in [1.29, 1.82) is 0 Å². The van der Waals surface area contributed by atoms with Gasteiger partial charge in [0.25, 0.3) is 0 Å². The number of rotatable bonds is 7. The first-order valence-electron chi connectivity index (χ1n) is 9.52. The number of hydrogen-bond donors (Lipinski definition) is 1. The van der Waals surface area contributed by atoms with E-state index in [0.29, 0.717) is 12.6 Å². The molecule has 1 atom stereocenters. The molecule has 0 bridgehead atoms. The lowest BCUT2D eigenvalue weighted by Crippen LogP contribution is -2.45. The van der Waals surface area contributed by atoms with Crippen LogP contribution in [0.5, 0.6) is 5.75 Å². The van der Waals surface area contributed by atoms with Gasteiger partial charge in [-0.25, -0.2) is 0 Å². The molecule has 0 spiro atoms.